The van der Waals surface area contributed by atoms with Gasteiger partial charge >= 0.3 is 0 Å². The summed E-state index contributed by atoms with van der Waals surface area (Å²) in [5.41, 5.74) is 1.29. The van der Waals surface area contributed by atoms with Crippen LogP contribution in [0.1, 0.15) is 24.7 Å². The number of aryl methyl sites for hydroxylation is 1. The summed E-state index contributed by atoms with van der Waals surface area (Å²) in [5.74, 6) is 7.72. The number of fused-ring (bicyclic) bond motifs is 1. The number of nitrogens with two attached hydrogens (primary N) is 1. The molecule has 3 rings (SSSR count). The van der Waals surface area contributed by atoms with E-state index >= 15 is 0 Å². The Morgan fingerprint density at radius 3 is 2.76 bits per heavy atom. The van der Waals surface area contributed by atoms with Gasteiger partial charge in [0.15, 0.2) is 5.82 Å². The first-order valence-electron chi connectivity index (χ1n) is 7.08. The highest BCUT2D eigenvalue weighted by molar-refractivity contribution is 7.98. The largest absolute Gasteiger partial charge is 0.336 e. The fourth-order valence-electron chi connectivity index (χ4n) is 2.36. The van der Waals surface area contributed by atoms with Crippen molar-refractivity contribution in [1.29, 1.82) is 0 Å². The minimum Gasteiger partial charge on any atom is -0.336 e. The molecule has 0 amide bonds. The van der Waals surface area contributed by atoms with Gasteiger partial charge in [-0.15, -0.1) is 10.2 Å². The van der Waals surface area contributed by atoms with Crippen LogP contribution in [0.3, 0.4) is 0 Å². The molecule has 0 radical (unpaired) electrons. The van der Waals surface area contributed by atoms with Crippen molar-refractivity contribution in [3.63, 3.8) is 0 Å². The summed E-state index contributed by atoms with van der Waals surface area (Å²) in [5, 5.41) is 11.6. The lowest BCUT2D eigenvalue weighted by molar-refractivity contribution is 0.757. The number of rotatable bonds is 5. The highest BCUT2D eigenvalue weighted by Crippen LogP contribution is 2.26. The van der Waals surface area contributed by atoms with Crippen LogP contribution in [0.4, 0.5) is 0 Å². The summed E-state index contributed by atoms with van der Waals surface area (Å²) in [6.45, 7) is 2.11. The molecule has 2 aromatic carbocycles. The van der Waals surface area contributed by atoms with Crippen LogP contribution < -0.4 is 5.84 Å². The highest BCUT2D eigenvalue weighted by atomic mass is 32.2. The molecule has 5 heteroatoms. The van der Waals surface area contributed by atoms with Crippen LogP contribution >= 0.6 is 11.8 Å². The fourth-order valence-corrected chi connectivity index (χ4v) is 3.24. The molecule has 0 aliphatic heterocycles. The summed E-state index contributed by atoms with van der Waals surface area (Å²) in [6, 6.07) is 14.8. The molecule has 1 heterocycles. The molecule has 0 aliphatic rings. The summed E-state index contributed by atoms with van der Waals surface area (Å²) >= 11 is 1.63. The second-order valence-electron chi connectivity index (χ2n) is 4.95. The number of nitrogens with zero attached hydrogens (tertiary/aromatic N) is 3. The maximum absolute atomic E-state index is 6.04. The molecule has 108 valence electrons. The molecule has 0 fully saturated rings. The molecule has 0 spiro atoms. The van der Waals surface area contributed by atoms with E-state index < -0.39 is 0 Å². The SMILES string of the molecule is CCCc1nnc(SCc2cccc3ccccc23)n1N. The van der Waals surface area contributed by atoms with E-state index in [0.29, 0.717) is 0 Å². The molecule has 2 N–H and O–H groups in total. The average Bonchev–Trinajstić information content (AvgIpc) is 2.86. The zero-order valence-electron chi connectivity index (χ0n) is 12.0. The Bertz CT molecular complexity index is 746. The second-order valence-corrected chi connectivity index (χ2v) is 5.89. The standard InChI is InChI=1S/C16H18N4S/c1-2-6-15-18-19-16(20(15)17)21-11-13-9-5-8-12-7-3-4-10-14(12)13/h3-5,7-10H,2,6,11,17H2,1H3. The number of nitrogen functional groups attached to an aromatic ring is 1. The van der Waals surface area contributed by atoms with E-state index in [1.165, 1.54) is 16.3 Å². The number of hydrogen-bond donors (Lipinski definition) is 1. The van der Waals surface area contributed by atoms with Gasteiger partial charge in [-0.1, -0.05) is 61.2 Å². The van der Waals surface area contributed by atoms with E-state index in [2.05, 4.69) is 59.6 Å². The minimum atomic E-state index is 0.770. The van der Waals surface area contributed by atoms with Gasteiger partial charge in [-0.05, 0) is 22.8 Å². The molecule has 0 saturated carbocycles. The zero-order valence-corrected chi connectivity index (χ0v) is 12.8. The maximum Gasteiger partial charge on any atom is 0.210 e. The lowest BCUT2D eigenvalue weighted by Gasteiger charge is -2.06. The molecule has 3 aromatic rings. The molecular weight excluding hydrogens is 280 g/mol. The summed E-state index contributed by atoms with van der Waals surface area (Å²) in [6.07, 6.45) is 1.88. The van der Waals surface area contributed by atoms with Crippen molar-refractivity contribution in [1.82, 2.24) is 14.9 Å². The monoisotopic (exact) mass is 298 g/mol. The Labute approximate surface area is 128 Å². The van der Waals surface area contributed by atoms with Crippen molar-refractivity contribution >= 4 is 22.5 Å². The fraction of sp³-hybridized carbons (Fsp3) is 0.250. The molecule has 0 atom stereocenters. The van der Waals surface area contributed by atoms with Crippen LogP contribution in [0, 0.1) is 0 Å². The first kappa shape index (κ1) is 13.9. The van der Waals surface area contributed by atoms with Crippen molar-refractivity contribution in [3.05, 3.63) is 53.9 Å². The molecule has 1 aromatic heterocycles. The smallest absolute Gasteiger partial charge is 0.210 e. The van der Waals surface area contributed by atoms with Crippen LogP contribution in [-0.2, 0) is 12.2 Å². The quantitative estimate of drug-likeness (QED) is 0.579. The van der Waals surface area contributed by atoms with Crippen LogP contribution in [0.25, 0.3) is 10.8 Å². The highest BCUT2D eigenvalue weighted by Gasteiger charge is 2.10. The molecule has 0 unspecified atom stereocenters. The first-order valence-corrected chi connectivity index (χ1v) is 8.07. The second kappa shape index (κ2) is 6.18. The van der Waals surface area contributed by atoms with Crippen molar-refractivity contribution < 1.29 is 0 Å². The van der Waals surface area contributed by atoms with Crippen molar-refractivity contribution in [2.24, 2.45) is 0 Å². The molecule has 0 bridgehead atoms. The number of thioether (sulfide) groups is 1. The van der Waals surface area contributed by atoms with E-state index in [1.807, 2.05) is 0 Å². The summed E-state index contributed by atoms with van der Waals surface area (Å²) in [4.78, 5) is 0. The van der Waals surface area contributed by atoms with Gasteiger partial charge in [0.05, 0.1) is 0 Å². The topological polar surface area (TPSA) is 56.7 Å². The predicted octanol–water partition coefficient (Wildman–Crippen LogP) is 3.39. The number of aromatic nitrogens is 3. The van der Waals surface area contributed by atoms with E-state index in [1.54, 1.807) is 16.4 Å². The Balaban J connectivity index is 1.81. The number of benzene rings is 2. The van der Waals surface area contributed by atoms with Crippen LogP contribution in [0.2, 0.25) is 0 Å². The van der Waals surface area contributed by atoms with E-state index in [9.17, 15) is 0 Å². The van der Waals surface area contributed by atoms with Gasteiger partial charge in [0.1, 0.15) is 0 Å². The van der Waals surface area contributed by atoms with Gasteiger partial charge in [-0.2, -0.15) is 0 Å². The third-order valence-corrected chi connectivity index (χ3v) is 4.44. The third-order valence-electron chi connectivity index (χ3n) is 3.45. The van der Waals surface area contributed by atoms with Gasteiger partial charge < -0.3 is 5.84 Å². The Morgan fingerprint density at radius 1 is 1.10 bits per heavy atom. The van der Waals surface area contributed by atoms with E-state index in [0.717, 1.165) is 29.6 Å². The van der Waals surface area contributed by atoms with Gasteiger partial charge in [-0.25, -0.2) is 4.68 Å². The van der Waals surface area contributed by atoms with Crippen molar-refractivity contribution in [2.45, 2.75) is 30.7 Å². The molecular formula is C16H18N4S. The van der Waals surface area contributed by atoms with Gasteiger partial charge in [-0.3, -0.25) is 0 Å². The van der Waals surface area contributed by atoms with Crippen molar-refractivity contribution in [2.75, 3.05) is 5.84 Å². The Kier molecular flexibility index (Phi) is 4.10. The Morgan fingerprint density at radius 2 is 1.90 bits per heavy atom. The maximum atomic E-state index is 6.04. The van der Waals surface area contributed by atoms with Crippen LogP contribution in [0.15, 0.2) is 47.6 Å². The van der Waals surface area contributed by atoms with E-state index in [-0.39, 0.29) is 0 Å². The molecule has 0 aliphatic carbocycles. The van der Waals surface area contributed by atoms with E-state index in [4.69, 9.17) is 5.84 Å². The average molecular weight is 298 g/mol. The van der Waals surface area contributed by atoms with Crippen LogP contribution in [0.5, 0.6) is 0 Å². The van der Waals surface area contributed by atoms with Gasteiger partial charge in [0, 0.05) is 12.2 Å². The Hall–Kier alpha value is -2.01. The normalized spacial score (nSPS) is 11.1. The van der Waals surface area contributed by atoms with Gasteiger partial charge in [0.2, 0.25) is 5.16 Å². The van der Waals surface area contributed by atoms with Crippen LogP contribution in [-0.4, -0.2) is 14.9 Å². The van der Waals surface area contributed by atoms with Crippen molar-refractivity contribution in [3.8, 4) is 0 Å². The first-order chi connectivity index (χ1) is 10.3. The van der Waals surface area contributed by atoms with Gasteiger partial charge in [0.25, 0.3) is 0 Å². The summed E-state index contributed by atoms with van der Waals surface area (Å²) in [7, 11) is 0. The predicted molar refractivity (Wildman–Crippen MR) is 87.7 cm³/mol. The molecule has 21 heavy (non-hydrogen) atoms. The molecule has 4 nitrogen and oxygen atoms in total. The minimum absolute atomic E-state index is 0.770. The third kappa shape index (κ3) is 2.88. The lowest BCUT2D eigenvalue weighted by atomic mass is 10.1. The number of hydrogen-bond acceptors (Lipinski definition) is 4. The lowest BCUT2D eigenvalue weighted by Crippen LogP contribution is -2.13. The zero-order chi connectivity index (χ0) is 14.7. The molecule has 0 saturated heterocycles. The summed E-state index contributed by atoms with van der Waals surface area (Å²) < 4.78 is 1.61.